The van der Waals surface area contributed by atoms with Crippen LogP contribution in [0, 0.1) is 6.92 Å². The number of halogens is 5. The fourth-order valence-corrected chi connectivity index (χ4v) is 1.72. The fraction of sp³-hybridized carbons (Fsp3) is 0.538. The maximum atomic E-state index is 13.2. The van der Waals surface area contributed by atoms with Crippen LogP contribution in [0.25, 0.3) is 0 Å². The first kappa shape index (κ1) is 15.9. The number of ether oxygens (including phenoxy) is 1. The molecule has 0 bridgehead atoms. The lowest BCUT2D eigenvalue weighted by Crippen LogP contribution is -2.43. The normalized spacial score (nSPS) is 16.2. The molecule has 0 saturated carbocycles. The zero-order valence-electron chi connectivity index (χ0n) is 10.8. The Morgan fingerprint density at radius 2 is 1.47 bits per heavy atom. The van der Waals surface area contributed by atoms with Gasteiger partial charge < -0.3 is 4.74 Å². The van der Waals surface area contributed by atoms with E-state index in [1.54, 1.807) is 19.1 Å². The van der Waals surface area contributed by atoms with E-state index < -0.39 is 24.1 Å². The summed E-state index contributed by atoms with van der Waals surface area (Å²) in [7, 11) is 1.12. The number of rotatable bonds is 4. The molecule has 0 radical (unpaired) electrons. The van der Waals surface area contributed by atoms with Gasteiger partial charge in [-0.1, -0.05) is 29.8 Å². The van der Waals surface area contributed by atoms with Crippen LogP contribution in [0.1, 0.15) is 24.5 Å². The van der Waals surface area contributed by atoms with Crippen LogP contribution < -0.4 is 0 Å². The molecule has 0 fully saturated rings. The van der Waals surface area contributed by atoms with E-state index in [4.69, 9.17) is 4.74 Å². The molecule has 6 heteroatoms. The summed E-state index contributed by atoms with van der Waals surface area (Å²) in [6, 6.07) is 6.26. The van der Waals surface area contributed by atoms with Gasteiger partial charge in [0.25, 0.3) is 0 Å². The number of alkyl halides is 5. The lowest BCUT2D eigenvalue weighted by atomic mass is 9.88. The van der Waals surface area contributed by atoms with Gasteiger partial charge in [-0.25, -0.2) is 0 Å². The molecule has 108 valence electrons. The van der Waals surface area contributed by atoms with Crippen molar-refractivity contribution in [3.8, 4) is 0 Å². The van der Waals surface area contributed by atoms with Crippen LogP contribution in [0.3, 0.4) is 0 Å². The van der Waals surface area contributed by atoms with E-state index in [-0.39, 0.29) is 5.56 Å². The Kier molecular flexibility index (Phi) is 4.24. The third-order valence-electron chi connectivity index (χ3n) is 3.09. The van der Waals surface area contributed by atoms with Crippen LogP contribution >= 0.6 is 0 Å². The highest BCUT2D eigenvalue weighted by Gasteiger charge is 2.60. The third kappa shape index (κ3) is 3.43. The van der Waals surface area contributed by atoms with Crippen LogP contribution in [-0.4, -0.2) is 19.2 Å². The first-order valence-corrected chi connectivity index (χ1v) is 5.59. The summed E-state index contributed by atoms with van der Waals surface area (Å²) in [4.78, 5) is 0. The van der Waals surface area contributed by atoms with Gasteiger partial charge in [0.05, 0.1) is 12.0 Å². The van der Waals surface area contributed by atoms with E-state index in [1.165, 1.54) is 19.1 Å². The highest BCUT2D eigenvalue weighted by molar-refractivity contribution is 5.26. The second kappa shape index (κ2) is 5.07. The molecule has 0 aromatic heterocycles. The van der Waals surface area contributed by atoms with Crippen molar-refractivity contribution in [2.45, 2.75) is 38.0 Å². The molecule has 0 N–H and O–H groups in total. The average molecular weight is 282 g/mol. The van der Waals surface area contributed by atoms with Crippen LogP contribution in [0.15, 0.2) is 24.3 Å². The zero-order valence-corrected chi connectivity index (χ0v) is 10.8. The van der Waals surface area contributed by atoms with Crippen LogP contribution in [-0.2, 0) is 10.3 Å². The Labute approximate surface area is 108 Å². The summed E-state index contributed by atoms with van der Waals surface area (Å²) >= 11 is 0. The average Bonchev–Trinajstić information content (AvgIpc) is 2.27. The predicted molar refractivity (Wildman–Crippen MR) is 61.2 cm³/mol. The number of hydrogen-bond donors (Lipinski definition) is 0. The minimum Gasteiger partial charge on any atom is -0.374 e. The van der Waals surface area contributed by atoms with Crippen molar-refractivity contribution < 1.29 is 26.7 Å². The maximum absolute atomic E-state index is 13.2. The van der Waals surface area contributed by atoms with Gasteiger partial charge in [-0.05, 0) is 19.4 Å². The van der Waals surface area contributed by atoms with E-state index in [1.807, 2.05) is 0 Å². The Hall–Kier alpha value is -1.17. The van der Waals surface area contributed by atoms with Crippen molar-refractivity contribution in [2.75, 3.05) is 7.11 Å². The minimum atomic E-state index is -5.59. The first-order valence-electron chi connectivity index (χ1n) is 5.59. The molecule has 1 atom stereocenters. The van der Waals surface area contributed by atoms with Crippen molar-refractivity contribution in [1.29, 1.82) is 0 Å². The molecule has 1 unspecified atom stereocenters. The zero-order chi connectivity index (χ0) is 14.9. The van der Waals surface area contributed by atoms with E-state index in [2.05, 4.69) is 0 Å². The summed E-state index contributed by atoms with van der Waals surface area (Å²) in [6.07, 6.45) is -7.04. The number of benzene rings is 1. The molecule has 0 saturated heterocycles. The Balaban J connectivity index is 3.08. The lowest BCUT2D eigenvalue weighted by molar-refractivity contribution is -0.298. The first-order chi connectivity index (χ1) is 8.52. The molecule has 1 aromatic rings. The lowest BCUT2D eigenvalue weighted by Gasteiger charge is -2.33. The summed E-state index contributed by atoms with van der Waals surface area (Å²) in [5.74, 6) is -4.80. The Bertz CT molecular complexity index is 424. The molecule has 0 amide bonds. The van der Waals surface area contributed by atoms with Gasteiger partial charge in [0.15, 0.2) is 0 Å². The molecule has 0 aliphatic carbocycles. The van der Waals surface area contributed by atoms with Crippen LogP contribution in [0.2, 0.25) is 0 Å². The molecule has 1 nitrogen and oxygen atoms in total. The number of aryl methyl sites for hydroxylation is 1. The Morgan fingerprint density at radius 3 is 1.84 bits per heavy atom. The van der Waals surface area contributed by atoms with Crippen molar-refractivity contribution in [1.82, 2.24) is 0 Å². The standard InChI is InChI=1S/C13H15F5O/c1-9-4-6-10(7-5-9)11(2,19-3)8-12(14,15)13(16,17)18/h4-7H,8H2,1-3H3. The third-order valence-corrected chi connectivity index (χ3v) is 3.09. The van der Waals surface area contributed by atoms with E-state index in [0.29, 0.717) is 0 Å². The van der Waals surface area contributed by atoms with Crippen molar-refractivity contribution in [2.24, 2.45) is 0 Å². The molecule has 1 aromatic carbocycles. The molecular formula is C13H15F5O. The topological polar surface area (TPSA) is 9.23 Å². The highest BCUT2D eigenvalue weighted by Crippen LogP contribution is 2.45. The second-order valence-electron chi connectivity index (χ2n) is 4.68. The molecular weight excluding hydrogens is 267 g/mol. The Morgan fingerprint density at radius 1 is 1.00 bits per heavy atom. The molecule has 0 heterocycles. The molecule has 0 aliphatic heterocycles. The summed E-state index contributed by atoms with van der Waals surface area (Å²) < 4.78 is 68.1. The van der Waals surface area contributed by atoms with Gasteiger partial charge in [-0.2, -0.15) is 22.0 Å². The van der Waals surface area contributed by atoms with E-state index in [9.17, 15) is 22.0 Å². The van der Waals surface area contributed by atoms with Gasteiger partial charge in [-0.3, -0.25) is 0 Å². The summed E-state index contributed by atoms with van der Waals surface area (Å²) in [6.45, 7) is 3.01. The van der Waals surface area contributed by atoms with Gasteiger partial charge in [0, 0.05) is 7.11 Å². The monoisotopic (exact) mass is 282 g/mol. The van der Waals surface area contributed by atoms with E-state index >= 15 is 0 Å². The van der Waals surface area contributed by atoms with Crippen LogP contribution in [0.5, 0.6) is 0 Å². The molecule has 0 spiro atoms. The second-order valence-corrected chi connectivity index (χ2v) is 4.68. The summed E-state index contributed by atoms with van der Waals surface area (Å²) in [5, 5.41) is 0. The van der Waals surface area contributed by atoms with Gasteiger partial charge in [-0.15, -0.1) is 0 Å². The number of hydrogen-bond acceptors (Lipinski definition) is 1. The van der Waals surface area contributed by atoms with Gasteiger partial charge in [0.2, 0.25) is 0 Å². The van der Waals surface area contributed by atoms with Crippen molar-refractivity contribution in [3.63, 3.8) is 0 Å². The van der Waals surface area contributed by atoms with Crippen molar-refractivity contribution in [3.05, 3.63) is 35.4 Å². The fourth-order valence-electron chi connectivity index (χ4n) is 1.72. The SMILES string of the molecule is COC(C)(CC(F)(F)C(F)(F)F)c1ccc(C)cc1. The molecule has 19 heavy (non-hydrogen) atoms. The van der Waals surface area contributed by atoms with Crippen molar-refractivity contribution >= 4 is 0 Å². The van der Waals surface area contributed by atoms with Gasteiger partial charge in [0.1, 0.15) is 0 Å². The number of methoxy groups -OCH3 is 1. The van der Waals surface area contributed by atoms with Gasteiger partial charge >= 0.3 is 12.1 Å². The quantitative estimate of drug-likeness (QED) is 0.742. The largest absolute Gasteiger partial charge is 0.453 e. The summed E-state index contributed by atoms with van der Waals surface area (Å²) in [5.41, 5.74) is -0.540. The predicted octanol–water partition coefficient (Wildman–Crippen LogP) is 4.44. The minimum absolute atomic E-state index is 0.282. The van der Waals surface area contributed by atoms with Crippen LogP contribution in [0.4, 0.5) is 22.0 Å². The molecule has 1 rings (SSSR count). The van der Waals surface area contributed by atoms with E-state index in [0.717, 1.165) is 12.7 Å². The highest BCUT2D eigenvalue weighted by atomic mass is 19.4. The maximum Gasteiger partial charge on any atom is 0.453 e. The smallest absolute Gasteiger partial charge is 0.374 e. The molecule has 0 aliphatic rings.